The first-order valence-corrected chi connectivity index (χ1v) is 9.38. The van der Waals surface area contributed by atoms with Gasteiger partial charge in [0, 0.05) is 18.5 Å². The van der Waals surface area contributed by atoms with E-state index in [0.717, 1.165) is 25.7 Å². The van der Waals surface area contributed by atoms with Gasteiger partial charge in [0.25, 0.3) is 5.91 Å². The summed E-state index contributed by atoms with van der Waals surface area (Å²) in [6.07, 6.45) is 4.00. The van der Waals surface area contributed by atoms with Gasteiger partial charge in [0.05, 0.1) is 0 Å². The molecule has 5 unspecified atom stereocenters. The standard InChI is InChI=1S/C20H28N2O3/c1-3-14-11-19(23)22-18-12-15(9-10-17(14)18)21-20(24)13(2)25-16-7-5-4-6-8-16/h4-8,13-15,17-18H,3,9-12H2,1-2H3,(H,21,24)(H,22,23). The molecule has 1 saturated heterocycles. The first-order valence-electron chi connectivity index (χ1n) is 9.38. The molecule has 1 heterocycles. The highest BCUT2D eigenvalue weighted by Crippen LogP contribution is 2.36. The number of piperidine rings is 1. The molecule has 0 spiro atoms. The highest BCUT2D eigenvalue weighted by Gasteiger charge is 2.40. The Morgan fingerprint density at radius 2 is 2.08 bits per heavy atom. The molecule has 1 saturated carbocycles. The van der Waals surface area contributed by atoms with Crippen molar-refractivity contribution in [2.75, 3.05) is 0 Å². The molecule has 1 aromatic rings. The second-order valence-corrected chi connectivity index (χ2v) is 7.30. The highest BCUT2D eigenvalue weighted by molar-refractivity contribution is 5.81. The predicted octanol–water partition coefficient (Wildman–Crippen LogP) is 2.65. The smallest absolute Gasteiger partial charge is 0.260 e. The molecule has 5 atom stereocenters. The van der Waals surface area contributed by atoms with Crippen LogP contribution in [0.3, 0.4) is 0 Å². The molecule has 0 bridgehead atoms. The van der Waals surface area contributed by atoms with Crippen molar-refractivity contribution in [3.05, 3.63) is 30.3 Å². The molecule has 2 amide bonds. The number of benzene rings is 1. The van der Waals surface area contributed by atoms with E-state index >= 15 is 0 Å². The van der Waals surface area contributed by atoms with E-state index in [1.807, 2.05) is 30.3 Å². The van der Waals surface area contributed by atoms with Gasteiger partial charge in [-0.1, -0.05) is 31.5 Å². The molecule has 25 heavy (non-hydrogen) atoms. The van der Waals surface area contributed by atoms with Gasteiger partial charge in [0.1, 0.15) is 5.75 Å². The zero-order valence-electron chi connectivity index (χ0n) is 15.0. The number of rotatable bonds is 5. The maximum absolute atomic E-state index is 12.4. The van der Waals surface area contributed by atoms with Crippen LogP contribution in [0.15, 0.2) is 30.3 Å². The first-order chi connectivity index (χ1) is 12.1. The van der Waals surface area contributed by atoms with E-state index in [4.69, 9.17) is 4.74 Å². The predicted molar refractivity (Wildman–Crippen MR) is 96.1 cm³/mol. The van der Waals surface area contributed by atoms with Crippen LogP contribution in [0.2, 0.25) is 0 Å². The number of fused-ring (bicyclic) bond motifs is 1. The molecule has 3 rings (SSSR count). The van der Waals surface area contributed by atoms with E-state index in [9.17, 15) is 9.59 Å². The lowest BCUT2D eigenvalue weighted by Crippen LogP contribution is -2.56. The molecule has 0 aromatic heterocycles. The zero-order valence-corrected chi connectivity index (χ0v) is 15.0. The summed E-state index contributed by atoms with van der Waals surface area (Å²) in [5.74, 6) is 1.78. The maximum atomic E-state index is 12.4. The summed E-state index contributed by atoms with van der Waals surface area (Å²) in [4.78, 5) is 24.3. The summed E-state index contributed by atoms with van der Waals surface area (Å²) in [6.45, 7) is 3.93. The van der Waals surface area contributed by atoms with Gasteiger partial charge in [-0.3, -0.25) is 9.59 Å². The number of para-hydroxylation sites is 1. The summed E-state index contributed by atoms with van der Waals surface area (Å²) in [7, 11) is 0. The number of carbonyl (C=O) groups is 2. The number of carbonyl (C=O) groups excluding carboxylic acids is 2. The van der Waals surface area contributed by atoms with Gasteiger partial charge in [-0.25, -0.2) is 0 Å². The third kappa shape index (κ3) is 4.33. The van der Waals surface area contributed by atoms with E-state index in [2.05, 4.69) is 17.6 Å². The van der Waals surface area contributed by atoms with Crippen molar-refractivity contribution in [1.29, 1.82) is 0 Å². The van der Waals surface area contributed by atoms with Crippen LogP contribution in [0.25, 0.3) is 0 Å². The fourth-order valence-electron chi connectivity index (χ4n) is 4.23. The summed E-state index contributed by atoms with van der Waals surface area (Å²) in [5.41, 5.74) is 0. The molecule has 1 aromatic carbocycles. The molecule has 0 radical (unpaired) electrons. The molecule has 136 valence electrons. The normalized spacial score (nSPS) is 29.9. The molecule has 2 aliphatic rings. The third-order valence-electron chi connectivity index (χ3n) is 5.60. The topological polar surface area (TPSA) is 67.4 Å². The largest absolute Gasteiger partial charge is 0.481 e. The highest BCUT2D eigenvalue weighted by atomic mass is 16.5. The van der Waals surface area contributed by atoms with Gasteiger partial charge in [-0.05, 0) is 50.2 Å². The average molecular weight is 344 g/mol. The van der Waals surface area contributed by atoms with Crippen molar-refractivity contribution < 1.29 is 14.3 Å². The SMILES string of the molecule is CCC1CC(=O)NC2CC(NC(=O)C(C)Oc3ccccc3)CCC12. The Morgan fingerprint density at radius 3 is 2.80 bits per heavy atom. The van der Waals surface area contributed by atoms with Crippen LogP contribution in [0.4, 0.5) is 0 Å². The summed E-state index contributed by atoms with van der Waals surface area (Å²) in [6, 6.07) is 9.67. The van der Waals surface area contributed by atoms with Gasteiger partial charge in [-0.15, -0.1) is 0 Å². The molecule has 5 nitrogen and oxygen atoms in total. The molecular formula is C20H28N2O3. The number of nitrogens with one attached hydrogen (secondary N) is 2. The van der Waals surface area contributed by atoms with Crippen molar-refractivity contribution in [2.24, 2.45) is 11.8 Å². The van der Waals surface area contributed by atoms with Crippen molar-refractivity contribution >= 4 is 11.8 Å². The Kier molecular flexibility index (Phi) is 5.61. The van der Waals surface area contributed by atoms with Crippen LogP contribution in [-0.4, -0.2) is 30.0 Å². The monoisotopic (exact) mass is 344 g/mol. The van der Waals surface area contributed by atoms with Gasteiger partial charge in [0.2, 0.25) is 5.91 Å². The quantitative estimate of drug-likeness (QED) is 0.863. The Labute approximate surface area is 149 Å². The van der Waals surface area contributed by atoms with Crippen molar-refractivity contribution in [2.45, 2.75) is 64.1 Å². The van der Waals surface area contributed by atoms with Crippen molar-refractivity contribution in [3.63, 3.8) is 0 Å². The van der Waals surface area contributed by atoms with Crippen LogP contribution in [0, 0.1) is 11.8 Å². The van der Waals surface area contributed by atoms with Crippen LogP contribution in [0.1, 0.15) is 46.0 Å². The van der Waals surface area contributed by atoms with E-state index < -0.39 is 6.10 Å². The van der Waals surface area contributed by atoms with Crippen LogP contribution in [0.5, 0.6) is 5.75 Å². The van der Waals surface area contributed by atoms with Crippen LogP contribution in [-0.2, 0) is 9.59 Å². The van der Waals surface area contributed by atoms with Gasteiger partial charge in [-0.2, -0.15) is 0 Å². The summed E-state index contributed by atoms with van der Waals surface area (Å²) in [5, 5.41) is 6.24. The average Bonchev–Trinajstić information content (AvgIpc) is 2.61. The Hall–Kier alpha value is -2.04. The number of amides is 2. The van der Waals surface area contributed by atoms with E-state index in [1.165, 1.54) is 0 Å². The number of hydrogen-bond donors (Lipinski definition) is 2. The summed E-state index contributed by atoms with van der Waals surface area (Å²) >= 11 is 0. The zero-order chi connectivity index (χ0) is 17.8. The minimum Gasteiger partial charge on any atom is -0.481 e. The number of ether oxygens (including phenoxy) is 1. The van der Waals surface area contributed by atoms with Crippen LogP contribution >= 0.6 is 0 Å². The van der Waals surface area contributed by atoms with Crippen LogP contribution < -0.4 is 15.4 Å². The molecule has 1 aliphatic heterocycles. The molecule has 5 heteroatoms. The lowest BCUT2D eigenvalue weighted by Gasteiger charge is -2.44. The fourth-order valence-corrected chi connectivity index (χ4v) is 4.23. The van der Waals surface area contributed by atoms with E-state index in [0.29, 0.717) is 24.0 Å². The van der Waals surface area contributed by atoms with Gasteiger partial charge >= 0.3 is 0 Å². The van der Waals surface area contributed by atoms with E-state index in [1.54, 1.807) is 6.92 Å². The lowest BCUT2D eigenvalue weighted by molar-refractivity contribution is -0.129. The first kappa shape index (κ1) is 17.8. The summed E-state index contributed by atoms with van der Waals surface area (Å²) < 4.78 is 5.69. The van der Waals surface area contributed by atoms with Gasteiger partial charge < -0.3 is 15.4 Å². The third-order valence-corrected chi connectivity index (χ3v) is 5.60. The molecular weight excluding hydrogens is 316 g/mol. The number of hydrogen-bond acceptors (Lipinski definition) is 3. The second-order valence-electron chi connectivity index (χ2n) is 7.30. The molecule has 2 fully saturated rings. The Bertz CT molecular complexity index is 604. The second kappa shape index (κ2) is 7.89. The Morgan fingerprint density at radius 1 is 1.32 bits per heavy atom. The molecule has 1 aliphatic carbocycles. The Balaban J connectivity index is 1.53. The molecule has 2 N–H and O–H groups in total. The van der Waals surface area contributed by atoms with Gasteiger partial charge in [0.15, 0.2) is 6.10 Å². The van der Waals surface area contributed by atoms with Crippen molar-refractivity contribution in [3.8, 4) is 5.75 Å². The van der Waals surface area contributed by atoms with Crippen molar-refractivity contribution in [1.82, 2.24) is 10.6 Å². The maximum Gasteiger partial charge on any atom is 0.260 e. The van der Waals surface area contributed by atoms with E-state index in [-0.39, 0.29) is 23.9 Å². The minimum atomic E-state index is -0.538. The minimum absolute atomic E-state index is 0.0959. The fraction of sp³-hybridized carbons (Fsp3) is 0.600. The lowest BCUT2D eigenvalue weighted by atomic mass is 9.70.